The monoisotopic (exact) mass is 256 g/mol. The second kappa shape index (κ2) is 5.57. The Morgan fingerprint density at radius 1 is 1.47 bits per heavy atom. The Morgan fingerprint density at radius 2 is 2.21 bits per heavy atom. The predicted octanol–water partition coefficient (Wildman–Crippen LogP) is 3.05. The fraction of sp³-hybridized carbons (Fsp3) is 0.333. The highest BCUT2D eigenvalue weighted by atomic mass is 16.3. The fourth-order valence-electron chi connectivity index (χ4n) is 2.04. The molecule has 98 valence electrons. The van der Waals surface area contributed by atoms with E-state index in [-0.39, 0.29) is 11.8 Å². The van der Waals surface area contributed by atoms with Gasteiger partial charge in [0.25, 0.3) is 5.91 Å². The molecule has 1 aromatic carbocycles. The highest BCUT2D eigenvalue weighted by molar-refractivity contribution is 6.05. The van der Waals surface area contributed by atoms with Crippen LogP contribution in [-0.2, 0) is 0 Å². The van der Waals surface area contributed by atoms with Gasteiger partial charge in [0.05, 0.1) is 17.6 Å². The van der Waals surface area contributed by atoms with Crippen LogP contribution in [0.3, 0.4) is 0 Å². The number of benzene rings is 1. The first-order chi connectivity index (χ1) is 9.17. The van der Waals surface area contributed by atoms with Gasteiger partial charge in [0.2, 0.25) is 0 Å². The van der Waals surface area contributed by atoms with Crippen molar-refractivity contribution >= 4 is 16.9 Å². The highest BCUT2D eigenvalue weighted by Crippen LogP contribution is 2.22. The van der Waals surface area contributed by atoms with Gasteiger partial charge in [0.15, 0.2) is 0 Å². The van der Waals surface area contributed by atoms with Gasteiger partial charge in [-0.25, -0.2) is 0 Å². The van der Waals surface area contributed by atoms with Crippen molar-refractivity contribution in [2.45, 2.75) is 13.8 Å². The average Bonchev–Trinajstić information content (AvgIpc) is 2.87. The van der Waals surface area contributed by atoms with Crippen LogP contribution in [0.5, 0.6) is 0 Å². The number of nitrogens with zero attached hydrogens (tertiary/aromatic N) is 2. The largest absolute Gasteiger partial charge is 0.463 e. The number of amides is 1. The van der Waals surface area contributed by atoms with E-state index >= 15 is 0 Å². The third-order valence-corrected chi connectivity index (χ3v) is 3.09. The van der Waals surface area contributed by atoms with Gasteiger partial charge in [-0.3, -0.25) is 4.79 Å². The summed E-state index contributed by atoms with van der Waals surface area (Å²) in [7, 11) is 0. The number of hydrogen-bond acceptors (Lipinski definition) is 3. The summed E-state index contributed by atoms with van der Waals surface area (Å²) in [5, 5.41) is 9.67. The molecule has 2 rings (SSSR count). The van der Waals surface area contributed by atoms with Crippen molar-refractivity contribution in [2.75, 3.05) is 13.1 Å². The van der Waals surface area contributed by atoms with Crippen LogP contribution < -0.4 is 0 Å². The zero-order chi connectivity index (χ0) is 13.8. The second-order valence-electron chi connectivity index (χ2n) is 4.52. The Bertz CT molecular complexity index is 624. The maximum atomic E-state index is 12.5. The number of hydrogen-bond donors (Lipinski definition) is 0. The molecule has 1 aromatic heterocycles. The molecule has 4 heteroatoms. The van der Waals surface area contributed by atoms with Gasteiger partial charge in [0.1, 0.15) is 11.8 Å². The molecular weight excluding hydrogens is 240 g/mol. The van der Waals surface area contributed by atoms with E-state index in [1.165, 1.54) is 6.26 Å². The van der Waals surface area contributed by atoms with Crippen molar-refractivity contribution < 1.29 is 9.21 Å². The molecular formula is C15H16N2O2. The Labute approximate surface area is 112 Å². The molecule has 0 fully saturated rings. The number of fused-ring (bicyclic) bond motifs is 1. The number of para-hydroxylation sites is 1. The smallest absolute Gasteiger partial charge is 0.257 e. The number of carbonyl (C=O) groups is 1. The van der Waals surface area contributed by atoms with Crippen molar-refractivity contribution in [3.8, 4) is 6.07 Å². The molecule has 1 atom stereocenters. The molecule has 0 aliphatic rings. The van der Waals surface area contributed by atoms with Gasteiger partial charge in [-0.15, -0.1) is 0 Å². The standard InChI is InChI=1S/C15H16N2O2/c1-3-17(9-11(2)8-16)15(18)13-10-19-14-7-5-4-6-12(13)14/h4-7,10-11H,3,9H2,1-2H3. The summed E-state index contributed by atoms with van der Waals surface area (Å²) < 4.78 is 5.38. The van der Waals surface area contributed by atoms with Gasteiger partial charge < -0.3 is 9.32 Å². The van der Waals surface area contributed by atoms with E-state index in [9.17, 15) is 4.79 Å². The molecule has 2 aromatic rings. The molecule has 0 spiro atoms. The molecule has 0 bridgehead atoms. The number of nitriles is 1. The Morgan fingerprint density at radius 3 is 2.89 bits per heavy atom. The van der Waals surface area contributed by atoms with Crippen molar-refractivity contribution in [3.63, 3.8) is 0 Å². The van der Waals surface area contributed by atoms with Gasteiger partial charge in [-0.2, -0.15) is 5.26 Å². The van der Waals surface area contributed by atoms with Crippen LogP contribution in [0.15, 0.2) is 34.9 Å². The third kappa shape index (κ3) is 2.60. The second-order valence-corrected chi connectivity index (χ2v) is 4.52. The molecule has 1 unspecified atom stereocenters. The van der Waals surface area contributed by atoms with Crippen molar-refractivity contribution in [1.29, 1.82) is 5.26 Å². The van der Waals surface area contributed by atoms with Crippen LogP contribution in [0.25, 0.3) is 11.0 Å². The number of rotatable bonds is 4. The van der Waals surface area contributed by atoms with Gasteiger partial charge in [-0.1, -0.05) is 18.2 Å². The quantitative estimate of drug-likeness (QED) is 0.844. The summed E-state index contributed by atoms with van der Waals surface area (Å²) in [4.78, 5) is 14.1. The van der Waals surface area contributed by atoms with Crippen LogP contribution in [0.2, 0.25) is 0 Å². The maximum absolute atomic E-state index is 12.5. The molecule has 1 heterocycles. The molecule has 0 aliphatic carbocycles. The van der Waals surface area contributed by atoms with Crippen LogP contribution in [0.4, 0.5) is 0 Å². The first kappa shape index (κ1) is 13.2. The minimum absolute atomic E-state index is 0.0884. The highest BCUT2D eigenvalue weighted by Gasteiger charge is 2.20. The van der Waals surface area contributed by atoms with Crippen LogP contribution in [0.1, 0.15) is 24.2 Å². The van der Waals surface area contributed by atoms with Gasteiger partial charge >= 0.3 is 0 Å². The minimum Gasteiger partial charge on any atom is -0.463 e. The van der Waals surface area contributed by atoms with Crippen LogP contribution in [-0.4, -0.2) is 23.9 Å². The summed E-state index contributed by atoms with van der Waals surface area (Å²) in [5.74, 6) is -0.267. The zero-order valence-electron chi connectivity index (χ0n) is 11.1. The summed E-state index contributed by atoms with van der Waals surface area (Å²) in [6.07, 6.45) is 1.49. The van der Waals surface area contributed by atoms with Gasteiger partial charge in [-0.05, 0) is 19.9 Å². The van der Waals surface area contributed by atoms with E-state index in [1.54, 1.807) is 4.90 Å². The van der Waals surface area contributed by atoms with E-state index in [0.717, 1.165) is 5.39 Å². The molecule has 0 saturated carbocycles. The van der Waals surface area contributed by atoms with E-state index < -0.39 is 0 Å². The maximum Gasteiger partial charge on any atom is 0.257 e. The summed E-state index contributed by atoms with van der Waals surface area (Å²) in [5.41, 5.74) is 1.26. The van der Waals surface area contributed by atoms with E-state index in [1.807, 2.05) is 38.1 Å². The van der Waals surface area contributed by atoms with Crippen molar-refractivity contribution in [3.05, 3.63) is 36.1 Å². The Kier molecular flexibility index (Phi) is 3.86. The van der Waals surface area contributed by atoms with E-state index in [2.05, 4.69) is 6.07 Å². The lowest BCUT2D eigenvalue weighted by atomic mass is 10.1. The van der Waals surface area contributed by atoms with E-state index in [4.69, 9.17) is 9.68 Å². The third-order valence-electron chi connectivity index (χ3n) is 3.09. The summed E-state index contributed by atoms with van der Waals surface area (Å²) >= 11 is 0. The Balaban J connectivity index is 2.30. The van der Waals surface area contributed by atoms with Crippen LogP contribution in [0, 0.1) is 17.2 Å². The van der Waals surface area contributed by atoms with E-state index in [0.29, 0.717) is 24.2 Å². The molecule has 0 N–H and O–H groups in total. The molecule has 0 saturated heterocycles. The fourth-order valence-corrected chi connectivity index (χ4v) is 2.04. The first-order valence-corrected chi connectivity index (χ1v) is 6.32. The molecule has 19 heavy (non-hydrogen) atoms. The molecule has 0 radical (unpaired) electrons. The number of carbonyl (C=O) groups excluding carboxylic acids is 1. The molecule has 4 nitrogen and oxygen atoms in total. The normalized spacial score (nSPS) is 12.1. The lowest BCUT2D eigenvalue weighted by Crippen LogP contribution is -2.34. The summed E-state index contributed by atoms with van der Waals surface area (Å²) in [6, 6.07) is 9.60. The molecule has 0 aliphatic heterocycles. The lowest BCUT2D eigenvalue weighted by Gasteiger charge is -2.21. The predicted molar refractivity (Wildman–Crippen MR) is 72.6 cm³/mol. The average molecular weight is 256 g/mol. The topological polar surface area (TPSA) is 57.2 Å². The van der Waals surface area contributed by atoms with Gasteiger partial charge in [0, 0.05) is 18.5 Å². The molecule has 1 amide bonds. The van der Waals surface area contributed by atoms with Crippen LogP contribution >= 0.6 is 0 Å². The number of furan rings is 1. The van der Waals surface area contributed by atoms with Crippen molar-refractivity contribution in [1.82, 2.24) is 4.90 Å². The SMILES string of the molecule is CCN(CC(C)C#N)C(=O)c1coc2ccccc12. The summed E-state index contributed by atoms with van der Waals surface area (Å²) in [6.45, 7) is 4.73. The van der Waals surface area contributed by atoms with Crippen molar-refractivity contribution in [2.24, 2.45) is 5.92 Å². The Hall–Kier alpha value is -2.28. The minimum atomic E-state index is -0.179. The zero-order valence-corrected chi connectivity index (χ0v) is 11.1. The first-order valence-electron chi connectivity index (χ1n) is 6.32. The lowest BCUT2D eigenvalue weighted by molar-refractivity contribution is 0.0753.